The normalized spacial score (nSPS) is 16.2. The van der Waals surface area contributed by atoms with E-state index in [1.165, 1.54) is 18.6 Å². The van der Waals surface area contributed by atoms with Gasteiger partial charge in [-0.2, -0.15) is 11.8 Å². The van der Waals surface area contributed by atoms with Crippen LogP contribution < -0.4 is 5.73 Å². The zero-order valence-corrected chi connectivity index (χ0v) is 10.4. The van der Waals surface area contributed by atoms with Crippen LogP contribution in [0.2, 0.25) is 0 Å². The van der Waals surface area contributed by atoms with Gasteiger partial charge in [-0.1, -0.05) is 27.7 Å². The van der Waals surface area contributed by atoms with E-state index in [2.05, 4.69) is 39.5 Å². The smallest absolute Gasteiger partial charge is 0.00417 e. The van der Waals surface area contributed by atoms with Crippen molar-refractivity contribution in [2.75, 3.05) is 5.75 Å². The first kappa shape index (κ1) is 13.3. The minimum Gasteiger partial charge on any atom is -0.328 e. The number of hydrogen-bond acceptors (Lipinski definition) is 2. The van der Waals surface area contributed by atoms with Crippen LogP contribution in [0, 0.1) is 5.92 Å². The standard InChI is InChI=1S/C11H25NS/c1-5-11(12)7-6-8-13-10(4)9(2)3/h9-11H,5-8,12H2,1-4H3. The molecule has 2 N–H and O–H groups in total. The molecule has 0 aliphatic rings. The third-order valence-corrected chi connectivity index (χ3v) is 4.16. The Kier molecular flexibility index (Phi) is 7.87. The van der Waals surface area contributed by atoms with E-state index in [4.69, 9.17) is 5.73 Å². The quantitative estimate of drug-likeness (QED) is 0.643. The van der Waals surface area contributed by atoms with Crippen molar-refractivity contribution < 1.29 is 0 Å². The summed E-state index contributed by atoms with van der Waals surface area (Å²) in [6.07, 6.45) is 3.58. The lowest BCUT2D eigenvalue weighted by atomic mass is 10.1. The van der Waals surface area contributed by atoms with Crippen LogP contribution in [0.25, 0.3) is 0 Å². The highest BCUT2D eigenvalue weighted by Crippen LogP contribution is 2.20. The molecule has 2 heteroatoms. The second kappa shape index (κ2) is 7.69. The van der Waals surface area contributed by atoms with Gasteiger partial charge in [-0.25, -0.2) is 0 Å². The Labute approximate surface area is 87.9 Å². The van der Waals surface area contributed by atoms with E-state index in [1.807, 2.05) is 0 Å². The SMILES string of the molecule is CCC(N)CCCSC(C)C(C)C. The number of nitrogens with two attached hydrogens (primary N) is 1. The monoisotopic (exact) mass is 203 g/mol. The molecule has 0 aliphatic heterocycles. The molecule has 13 heavy (non-hydrogen) atoms. The van der Waals surface area contributed by atoms with Crippen molar-refractivity contribution in [2.45, 2.75) is 58.2 Å². The van der Waals surface area contributed by atoms with Gasteiger partial charge in [0.05, 0.1) is 0 Å². The van der Waals surface area contributed by atoms with Gasteiger partial charge < -0.3 is 5.73 Å². The van der Waals surface area contributed by atoms with Crippen LogP contribution in [-0.2, 0) is 0 Å². The van der Waals surface area contributed by atoms with Crippen LogP contribution in [0.3, 0.4) is 0 Å². The molecule has 0 spiro atoms. The summed E-state index contributed by atoms with van der Waals surface area (Å²) in [7, 11) is 0. The van der Waals surface area contributed by atoms with Gasteiger partial charge in [0, 0.05) is 11.3 Å². The molecule has 0 aromatic rings. The summed E-state index contributed by atoms with van der Waals surface area (Å²) >= 11 is 2.08. The summed E-state index contributed by atoms with van der Waals surface area (Å²) in [4.78, 5) is 0. The lowest BCUT2D eigenvalue weighted by Gasteiger charge is -2.15. The van der Waals surface area contributed by atoms with Crippen LogP contribution in [0.5, 0.6) is 0 Å². The molecule has 0 aromatic heterocycles. The predicted molar refractivity (Wildman–Crippen MR) is 64.3 cm³/mol. The van der Waals surface area contributed by atoms with Crippen LogP contribution in [0.1, 0.15) is 47.0 Å². The molecule has 0 saturated carbocycles. The van der Waals surface area contributed by atoms with Gasteiger partial charge in [0.15, 0.2) is 0 Å². The lowest BCUT2D eigenvalue weighted by Crippen LogP contribution is -2.18. The van der Waals surface area contributed by atoms with E-state index in [9.17, 15) is 0 Å². The average molecular weight is 203 g/mol. The predicted octanol–water partition coefficient (Wildman–Crippen LogP) is 3.28. The molecule has 2 unspecified atom stereocenters. The molecule has 0 fully saturated rings. The van der Waals surface area contributed by atoms with Crippen molar-refractivity contribution in [3.05, 3.63) is 0 Å². The minimum atomic E-state index is 0.426. The first-order valence-electron chi connectivity index (χ1n) is 5.45. The van der Waals surface area contributed by atoms with Gasteiger partial charge >= 0.3 is 0 Å². The highest BCUT2D eigenvalue weighted by atomic mass is 32.2. The molecule has 0 amide bonds. The Morgan fingerprint density at radius 2 is 1.85 bits per heavy atom. The molecular weight excluding hydrogens is 178 g/mol. The van der Waals surface area contributed by atoms with Gasteiger partial charge in [-0.15, -0.1) is 0 Å². The van der Waals surface area contributed by atoms with Gasteiger partial charge in [-0.05, 0) is 30.9 Å². The second-order valence-electron chi connectivity index (χ2n) is 4.13. The molecule has 0 bridgehead atoms. The van der Waals surface area contributed by atoms with Crippen molar-refractivity contribution in [3.8, 4) is 0 Å². The molecule has 2 atom stereocenters. The number of hydrogen-bond donors (Lipinski definition) is 1. The fourth-order valence-electron chi connectivity index (χ4n) is 1.01. The first-order chi connectivity index (χ1) is 6.07. The topological polar surface area (TPSA) is 26.0 Å². The molecule has 0 aliphatic carbocycles. The Bertz CT molecular complexity index is 115. The average Bonchev–Trinajstić information content (AvgIpc) is 2.11. The van der Waals surface area contributed by atoms with E-state index < -0.39 is 0 Å². The summed E-state index contributed by atoms with van der Waals surface area (Å²) in [5.74, 6) is 2.07. The Morgan fingerprint density at radius 3 is 2.31 bits per heavy atom. The van der Waals surface area contributed by atoms with Gasteiger partial charge in [0.25, 0.3) is 0 Å². The zero-order chi connectivity index (χ0) is 10.3. The fraction of sp³-hybridized carbons (Fsp3) is 1.00. The zero-order valence-electron chi connectivity index (χ0n) is 9.55. The van der Waals surface area contributed by atoms with Crippen molar-refractivity contribution in [3.63, 3.8) is 0 Å². The van der Waals surface area contributed by atoms with Crippen LogP contribution in [0.4, 0.5) is 0 Å². The maximum absolute atomic E-state index is 5.84. The van der Waals surface area contributed by atoms with Crippen LogP contribution in [-0.4, -0.2) is 17.0 Å². The summed E-state index contributed by atoms with van der Waals surface area (Å²) in [6, 6.07) is 0.426. The molecule has 1 nitrogen and oxygen atoms in total. The summed E-state index contributed by atoms with van der Waals surface area (Å²) < 4.78 is 0. The molecule has 0 saturated heterocycles. The third-order valence-electron chi connectivity index (χ3n) is 2.56. The van der Waals surface area contributed by atoms with Gasteiger partial charge in [0.1, 0.15) is 0 Å². The maximum Gasteiger partial charge on any atom is 0.00417 e. The highest BCUT2D eigenvalue weighted by molar-refractivity contribution is 7.99. The van der Waals surface area contributed by atoms with Crippen LogP contribution in [0.15, 0.2) is 0 Å². The summed E-state index contributed by atoms with van der Waals surface area (Å²) in [5.41, 5.74) is 5.84. The van der Waals surface area contributed by atoms with Crippen molar-refractivity contribution >= 4 is 11.8 Å². The summed E-state index contributed by atoms with van der Waals surface area (Å²) in [5, 5.41) is 0.790. The van der Waals surface area contributed by atoms with E-state index in [-0.39, 0.29) is 0 Å². The lowest BCUT2D eigenvalue weighted by molar-refractivity contribution is 0.587. The van der Waals surface area contributed by atoms with Crippen LogP contribution >= 0.6 is 11.8 Å². The molecule has 0 heterocycles. The summed E-state index contributed by atoms with van der Waals surface area (Å²) in [6.45, 7) is 9.05. The fourth-order valence-corrected chi connectivity index (χ4v) is 2.10. The van der Waals surface area contributed by atoms with Gasteiger partial charge in [-0.3, -0.25) is 0 Å². The number of thioether (sulfide) groups is 1. The van der Waals surface area contributed by atoms with E-state index in [0.29, 0.717) is 6.04 Å². The Balaban J connectivity index is 3.25. The largest absolute Gasteiger partial charge is 0.328 e. The molecular formula is C11H25NS. The molecule has 80 valence electrons. The second-order valence-corrected chi connectivity index (χ2v) is 5.62. The third kappa shape index (κ3) is 7.39. The Hall–Kier alpha value is 0.310. The van der Waals surface area contributed by atoms with E-state index >= 15 is 0 Å². The number of rotatable bonds is 7. The van der Waals surface area contributed by atoms with Crippen molar-refractivity contribution in [1.29, 1.82) is 0 Å². The molecule has 0 aromatic carbocycles. The molecule has 0 rings (SSSR count). The van der Waals surface area contributed by atoms with E-state index in [1.54, 1.807) is 0 Å². The first-order valence-corrected chi connectivity index (χ1v) is 6.50. The Morgan fingerprint density at radius 1 is 1.23 bits per heavy atom. The van der Waals surface area contributed by atoms with Crippen molar-refractivity contribution in [1.82, 2.24) is 0 Å². The van der Waals surface area contributed by atoms with Crippen molar-refractivity contribution in [2.24, 2.45) is 11.7 Å². The van der Waals surface area contributed by atoms with Gasteiger partial charge in [0.2, 0.25) is 0 Å². The van der Waals surface area contributed by atoms with E-state index in [0.717, 1.165) is 17.6 Å². The minimum absolute atomic E-state index is 0.426. The molecule has 0 radical (unpaired) electrons. The maximum atomic E-state index is 5.84. The highest BCUT2D eigenvalue weighted by Gasteiger charge is 2.07.